The first-order valence-electron chi connectivity index (χ1n) is 5.72. The maximum Gasteiger partial charge on any atom is 0.214 e. The van der Waals surface area contributed by atoms with Crippen LogP contribution in [0.3, 0.4) is 0 Å². The zero-order chi connectivity index (χ0) is 13.2. The van der Waals surface area contributed by atoms with E-state index in [0.717, 1.165) is 20.9 Å². The van der Waals surface area contributed by atoms with Crippen molar-refractivity contribution in [1.82, 2.24) is 0 Å². The van der Waals surface area contributed by atoms with E-state index in [1.165, 1.54) is 22.7 Å². The zero-order valence-electron chi connectivity index (χ0n) is 10.6. The van der Waals surface area contributed by atoms with Crippen LogP contribution in [0.2, 0.25) is 0 Å². The molecule has 0 aromatic carbocycles. The van der Waals surface area contributed by atoms with E-state index in [9.17, 15) is 9.59 Å². The fourth-order valence-electron chi connectivity index (χ4n) is 2.35. The summed E-state index contributed by atoms with van der Waals surface area (Å²) in [6, 6.07) is 0. The van der Waals surface area contributed by atoms with Crippen LogP contribution in [0.4, 0.5) is 0 Å². The molecule has 0 bridgehead atoms. The fraction of sp³-hybridized carbons (Fsp3) is 0.286. The minimum absolute atomic E-state index is 0.0296. The molecule has 4 heteroatoms. The summed E-state index contributed by atoms with van der Waals surface area (Å²) in [6.45, 7) is 7.78. The predicted molar refractivity (Wildman–Crippen MR) is 74.5 cm³/mol. The van der Waals surface area contributed by atoms with Gasteiger partial charge in [-0.2, -0.15) is 0 Å². The lowest BCUT2D eigenvalue weighted by molar-refractivity contribution is 0.0984. The molecule has 0 N–H and O–H groups in total. The van der Waals surface area contributed by atoms with Gasteiger partial charge in [0.05, 0.1) is 9.75 Å². The van der Waals surface area contributed by atoms with Gasteiger partial charge in [-0.15, -0.1) is 22.7 Å². The highest BCUT2D eigenvalue weighted by atomic mass is 32.1. The molecule has 0 amide bonds. The van der Waals surface area contributed by atoms with Gasteiger partial charge in [0.15, 0.2) is 5.78 Å². The number of rotatable bonds is 0. The molecule has 2 aromatic rings. The van der Waals surface area contributed by atoms with Crippen LogP contribution in [0.25, 0.3) is 0 Å². The third kappa shape index (κ3) is 1.27. The average Bonchev–Trinajstić information content (AvgIpc) is 2.77. The van der Waals surface area contributed by atoms with E-state index in [4.69, 9.17) is 0 Å². The minimum atomic E-state index is 0.0296. The summed E-state index contributed by atoms with van der Waals surface area (Å²) in [5.41, 5.74) is 3.19. The van der Waals surface area contributed by atoms with E-state index in [2.05, 4.69) is 0 Å². The SMILES string of the molecule is Cc1sc2c(c1C)C(=O)c1c(sc(C)c1C)C2=O. The van der Waals surface area contributed by atoms with Crippen molar-refractivity contribution >= 4 is 34.2 Å². The Balaban J connectivity index is 2.38. The fourth-order valence-corrected chi connectivity index (χ4v) is 4.62. The van der Waals surface area contributed by atoms with Crippen LogP contribution in [0, 0.1) is 27.7 Å². The Morgan fingerprint density at radius 3 is 1.44 bits per heavy atom. The second-order valence-corrected chi connectivity index (χ2v) is 7.08. The van der Waals surface area contributed by atoms with Gasteiger partial charge in [0, 0.05) is 20.9 Å². The van der Waals surface area contributed by atoms with Gasteiger partial charge in [-0.05, 0) is 38.8 Å². The number of carbonyl (C=O) groups excluding carboxylic acids is 2. The van der Waals surface area contributed by atoms with Crippen molar-refractivity contribution in [1.29, 1.82) is 0 Å². The van der Waals surface area contributed by atoms with Crippen LogP contribution >= 0.6 is 22.7 Å². The highest BCUT2D eigenvalue weighted by Crippen LogP contribution is 2.41. The van der Waals surface area contributed by atoms with E-state index >= 15 is 0 Å². The highest BCUT2D eigenvalue weighted by molar-refractivity contribution is 7.18. The van der Waals surface area contributed by atoms with E-state index in [-0.39, 0.29) is 11.6 Å². The first-order chi connectivity index (χ1) is 8.43. The molecular weight excluding hydrogens is 264 g/mol. The third-order valence-corrected chi connectivity index (χ3v) is 6.05. The second-order valence-electron chi connectivity index (χ2n) is 4.63. The van der Waals surface area contributed by atoms with Gasteiger partial charge >= 0.3 is 0 Å². The molecule has 2 heterocycles. The molecule has 0 atom stereocenters. The molecular formula is C14H12O2S2. The summed E-state index contributed by atoms with van der Waals surface area (Å²) in [5, 5.41) is 0. The summed E-state index contributed by atoms with van der Waals surface area (Å²) in [5.74, 6) is 0.0605. The molecule has 0 radical (unpaired) electrons. The zero-order valence-corrected chi connectivity index (χ0v) is 12.3. The molecule has 0 saturated carbocycles. The number of aryl methyl sites for hydroxylation is 2. The highest BCUT2D eigenvalue weighted by Gasteiger charge is 2.36. The number of hydrogen-bond acceptors (Lipinski definition) is 4. The lowest BCUT2D eigenvalue weighted by atomic mass is 9.90. The topological polar surface area (TPSA) is 34.1 Å². The van der Waals surface area contributed by atoms with Crippen LogP contribution < -0.4 is 0 Å². The van der Waals surface area contributed by atoms with Crippen LogP contribution in [0.15, 0.2) is 0 Å². The molecule has 0 unspecified atom stereocenters. The van der Waals surface area contributed by atoms with Crippen molar-refractivity contribution in [2.24, 2.45) is 0 Å². The second kappa shape index (κ2) is 3.62. The van der Waals surface area contributed by atoms with E-state index in [1.807, 2.05) is 27.7 Å². The number of fused-ring (bicyclic) bond motifs is 2. The molecule has 2 aromatic heterocycles. The van der Waals surface area contributed by atoms with E-state index < -0.39 is 0 Å². The number of hydrogen-bond donors (Lipinski definition) is 0. The van der Waals surface area contributed by atoms with Gasteiger partial charge in [-0.3, -0.25) is 9.59 Å². The maximum absolute atomic E-state index is 12.6. The Bertz CT molecular complexity index is 658. The molecule has 2 nitrogen and oxygen atoms in total. The van der Waals surface area contributed by atoms with Crippen molar-refractivity contribution < 1.29 is 9.59 Å². The van der Waals surface area contributed by atoms with Gasteiger partial charge in [-0.1, -0.05) is 0 Å². The molecule has 0 fully saturated rings. The van der Waals surface area contributed by atoms with Gasteiger partial charge in [0.25, 0.3) is 0 Å². The lowest BCUT2D eigenvalue weighted by Gasteiger charge is -2.11. The van der Waals surface area contributed by atoms with Gasteiger partial charge in [0.2, 0.25) is 5.78 Å². The van der Waals surface area contributed by atoms with Gasteiger partial charge < -0.3 is 0 Å². The first-order valence-corrected chi connectivity index (χ1v) is 7.36. The Morgan fingerprint density at radius 1 is 0.667 bits per heavy atom. The Morgan fingerprint density at radius 2 is 1.06 bits per heavy atom. The van der Waals surface area contributed by atoms with Gasteiger partial charge in [0.1, 0.15) is 0 Å². The normalized spacial score (nSPS) is 13.8. The summed E-state index contributed by atoms with van der Waals surface area (Å²) in [7, 11) is 0. The van der Waals surface area contributed by atoms with Crippen LogP contribution in [-0.4, -0.2) is 11.6 Å². The summed E-state index contributed by atoms with van der Waals surface area (Å²) in [4.78, 5) is 28.4. The lowest BCUT2D eigenvalue weighted by Crippen LogP contribution is -2.18. The van der Waals surface area contributed by atoms with Crippen LogP contribution in [0.1, 0.15) is 51.4 Å². The Kier molecular flexibility index (Phi) is 2.37. The molecule has 0 spiro atoms. The standard InChI is InChI=1S/C14H12O2S2/c1-5-7(3)17-13-9(5)11(15)10-6(2)8(4)18-14(10)12(13)16/h1-4H3. The Hall–Kier alpha value is -1.26. The van der Waals surface area contributed by atoms with E-state index in [1.54, 1.807) is 0 Å². The van der Waals surface area contributed by atoms with Crippen molar-refractivity contribution in [2.45, 2.75) is 27.7 Å². The number of carbonyl (C=O) groups is 2. The number of ketones is 2. The summed E-state index contributed by atoms with van der Waals surface area (Å²) >= 11 is 2.89. The monoisotopic (exact) mass is 276 g/mol. The molecule has 1 aliphatic rings. The molecule has 0 aliphatic heterocycles. The molecule has 0 saturated heterocycles. The van der Waals surface area contributed by atoms with Crippen molar-refractivity contribution in [2.75, 3.05) is 0 Å². The van der Waals surface area contributed by atoms with Crippen LogP contribution in [0.5, 0.6) is 0 Å². The molecule has 3 rings (SSSR count). The van der Waals surface area contributed by atoms with E-state index in [0.29, 0.717) is 20.9 Å². The smallest absolute Gasteiger partial charge is 0.214 e. The molecule has 18 heavy (non-hydrogen) atoms. The maximum atomic E-state index is 12.6. The van der Waals surface area contributed by atoms with Crippen molar-refractivity contribution in [3.05, 3.63) is 41.8 Å². The van der Waals surface area contributed by atoms with Crippen LogP contribution in [-0.2, 0) is 0 Å². The van der Waals surface area contributed by atoms with Gasteiger partial charge in [-0.25, -0.2) is 0 Å². The minimum Gasteiger partial charge on any atom is -0.288 e. The third-order valence-electron chi connectivity index (χ3n) is 3.64. The average molecular weight is 276 g/mol. The largest absolute Gasteiger partial charge is 0.288 e. The summed E-state index contributed by atoms with van der Waals surface area (Å²) < 4.78 is 0. The molecule has 92 valence electrons. The first kappa shape index (κ1) is 11.8. The van der Waals surface area contributed by atoms with Crippen molar-refractivity contribution in [3.63, 3.8) is 0 Å². The number of thiophene rings is 2. The predicted octanol–water partition coefficient (Wildman–Crippen LogP) is 3.82. The molecule has 1 aliphatic carbocycles. The quantitative estimate of drug-likeness (QED) is 0.625. The Labute approximate surface area is 113 Å². The van der Waals surface area contributed by atoms with Crippen molar-refractivity contribution in [3.8, 4) is 0 Å². The summed E-state index contributed by atoms with van der Waals surface area (Å²) in [6.07, 6.45) is 0.